The summed E-state index contributed by atoms with van der Waals surface area (Å²) >= 11 is 6.27. The van der Waals surface area contributed by atoms with Gasteiger partial charge < -0.3 is 19.8 Å². The summed E-state index contributed by atoms with van der Waals surface area (Å²) in [6.07, 6.45) is 6.44. The quantitative estimate of drug-likeness (QED) is 0.260. The smallest absolute Gasteiger partial charge is 0.162 e. The lowest BCUT2D eigenvalue weighted by Gasteiger charge is -2.30. The number of ether oxygens (including phenoxy) is 2. The molecule has 0 radical (unpaired) electrons. The van der Waals surface area contributed by atoms with Crippen LogP contribution in [0.25, 0.3) is 21.9 Å². The third-order valence-electron chi connectivity index (χ3n) is 7.07. The normalized spacial score (nSPS) is 20.8. The molecule has 3 atom stereocenters. The summed E-state index contributed by atoms with van der Waals surface area (Å²) in [4.78, 5) is 12.8. The second-order valence-corrected chi connectivity index (χ2v) is 10.0. The molecule has 0 amide bonds. The zero-order valence-electron chi connectivity index (χ0n) is 20.0. The van der Waals surface area contributed by atoms with E-state index < -0.39 is 5.79 Å². The molecule has 0 spiro atoms. The summed E-state index contributed by atoms with van der Waals surface area (Å²) in [5.41, 5.74) is 7.55. The third-order valence-corrected chi connectivity index (χ3v) is 7.37. The number of nitrogens with two attached hydrogens (primary N) is 1. The molecule has 184 valence electrons. The molecule has 3 heterocycles. The number of rotatable bonds is 7. The molecule has 35 heavy (non-hydrogen) atoms. The summed E-state index contributed by atoms with van der Waals surface area (Å²) in [5.74, 6) is -0.516. The SMILES string of the molecule is COC(C)(C)O[C@H]1CC(n2ccc3c(Cl)ncnc32)CC1CCc1ccc2ccc(N)nc2c1F. The zero-order valence-corrected chi connectivity index (χ0v) is 20.8. The van der Waals surface area contributed by atoms with Crippen molar-refractivity contribution in [1.82, 2.24) is 19.5 Å². The third kappa shape index (κ3) is 4.70. The van der Waals surface area contributed by atoms with Gasteiger partial charge >= 0.3 is 0 Å². The minimum Gasteiger partial charge on any atom is -0.384 e. The van der Waals surface area contributed by atoms with E-state index in [1.54, 1.807) is 19.2 Å². The molecule has 1 aromatic carbocycles. The number of anilines is 1. The Kier molecular flexibility index (Phi) is 6.38. The van der Waals surface area contributed by atoms with Gasteiger partial charge in [-0.1, -0.05) is 23.7 Å². The molecule has 1 aliphatic rings. The molecule has 2 unspecified atom stereocenters. The first kappa shape index (κ1) is 23.9. The molecule has 1 aliphatic carbocycles. The predicted molar refractivity (Wildman–Crippen MR) is 135 cm³/mol. The fourth-order valence-electron chi connectivity index (χ4n) is 5.13. The van der Waals surface area contributed by atoms with Gasteiger partial charge in [0.05, 0.1) is 11.5 Å². The van der Waals surface area contributed by atoms with Gasteiger partial charge in [0.15, 0.2) is 11.6 Å². The van der Waals surface area contributed by atoms with Gasteiger partial charge in [0.25, 0.3) is 0 Å². The van der Waals surface area contributed by atoms with Gasteiger partial charge in [-0.2, -0.15) is 0 Å². The predicted octanol–water partition coefficient (Wildman–Crippen LogP) is 5.71. The first-order valence-electron chi connectivity index (χ1n) is 11.8. The number of hydrogen-bond donors (Lipinski definition) is 1. The topological polar surface area (TPSA) is 88.1 Å². The number of hydrogen-bond acceptors (Lipinski definition) is 6. The van der Waals surface area contributed by atoms with Crippen molar-refractivity contribution in [2.75, 3.05) is 12.8 Å². The number of nitrogens with zero attached hydrogens (tertiary/aromatic N) is 4. The van der Waals surface area contributed by atoms with Crippen LogP contribution in [0, 0.1) is 11.7 Å². The lowest BCUT2D eigenvalue weighted by Crippen LogP contribution is -2.34. The van der Waals surface area contributed by atoms with Crippen molar-refractivity contribution >= 4 is 39.4 Å². The number of pyridine rings is 1. The monoisotopic (exact) mass is 497 g/mol. The fraction of sp³-hybridized carbons (Fsp3) is 0.423. The summed E-state index contributed by atoms with van der Waals surface area (Å²) in [6, 6.07) is 9.33. The van der Waals surface area contributed by atoms with Crippen molar-refractivity contribution in [2.24, 2.45) is 5.92 Å². The fourth-order valence-corrected chi connectivity index (χ4v) is 5.32. The van der Waals surface area contributed by atoms with Crippen LogP contribution >= 0.6 is 11.6 Å². The maximum atomic E-state index is 15.3. The highest BCUT2D eigenvalue weighted by Crippen LogP contribution is 2.42. The van der Waals surface area contributed by atoms with Gasteiger partial charge in [-0.05, 0) is 69.2 Å². The van der Waals surface area contributed by atoms with Crippen LogP contribution < -0.4 is 5.73 Å². The maximum Gasteiger partial charge on any atom is 0.162 e. The number of aromatic nitrogens is 4. The van der Waals surface area contributed by atoms with E-state index in [1.165, 1.54) is 6.33 Å². The number of benzene rings is 1. The largest absolute Gasteiger partial charge is 0.384 e. The van der Waals surface area contributed by atoms with Gasteiger partial charge in [-0.15, -0.1) is 0 Å². The Balaban J connectivity index is 1.40. The van der Waals surface area contributed by atoms with Gasteiger partial charge in [-0.3, -0.25) is 0 Å². The van der Waals surface area contributed by atoms with Crippen LogP contribution in [0.2, 0.25) is 5.15 Å². The van der Waals surface area contributed by atoms with E-state index >= 15 is 4.39 Å². The highest BCUT2D eigenvalue weighted by Gasteiger charge is 2.39. The lowest BCUT2D eigenvalue weighted by atomic mass is 9.95. The molecule has 0 aliphatic heterocycles. The average Bonchev–Trinajstić information content (AvgIpc) is 3.43. The number of fused-ring (bicyclic) bond motifs is 2. The minimum absolute atomic E-state index is 0.0537. The number of aryl methyl sites for hydroxylation is 1. The summed E-state index contributed by atoms with van der Waals surface area (Å²) in [7, 11) is 1.64. The van der Waals surface area contributed by atoms with Crippen LogP contribution in [-0.2, 0) is 15.9 Å². The van der Waals surface area contributed by atoms with Crippen molar-refractivity contribution in [1.29, 1.82) is 0 Å². The Morgan fingerprint density at radius 2 is 1.97 bits per heavy atom. The number of methoxy groups -OCH3 is 1. The molecule has 2 N–H and O–H groups in total. The molecule has 7 nitrogen and oxygen atoms in total. The van der Waals surface area contributed by atoms with Gasteiger partial charge in [0.1, 0.15) is 28.5 Å². The van der Waals surface area contributed by atoms with Crippen LogP contribution in [0.3, 0.4) is 0 Å². The first-order chi connectivity index (χ1) is 16.8. The standard InChI is InChI=1S/C26H29ClFN5O2/c1-26(2,34-3)35-20-13-18(33-11-10-19-24(27)30-14-31-25(19)33)12-17(20)7-5-15-4-6-16-8-9-21(29)32-23(16)22(15)28/h4,6,8-11,14,17-18,20H,5,7,12-13H2,1-3H3,(H2,29,32)/t17?,18?,20-/m0/s1. The van der Waals surface area contributed by atoms with Crippen molar-refractivity contribution in [3.8, 4) is 0 Å². The second kappa shape index (κ2) is 9.33. The Labute approximate surface area is 208 Å². The molecule has 0 saturated heterocycles. The van der Waals surface area contributed by atoms with E-state index in [9.17, 15) is 0 Å². The average molecular weight is 498 g/mol. The zero-order chi connectivity index (χ0) is 24.7. The number of halogens is 2. The molecular formula is C26H29ClFN5O2. The van der Waals surface area contributed by atoms with E-state index in [2.05, 4.69) is 19.5 Å². The lowest BCUT2D eigenvalue weighted by molar-refractivity contribution is -0.229. The Hall–Kier alpha value is -2.81. The molecule has 5 rings (SSSR count). The van der Waals surface area contributed by atoms with E-state index in [4.69, 9.17) is 26.8 Å². The van der Waals surface area contributed by atoms with E-state index in [0.29, 0.717) is 28.5 Å². The van der Waals surface area contributed by atoms with Gasteiger partial charge in [0, 0.05) is 24.7 Å². The molecule has 4 aromatic rings. The van der Waals surface area contributed by atoms with Crippen molar-refractivity contribution in [2.45, 2.75) is 57.5 Å². The van der Waals surface area contributed by atoms with Crippen molar-refractivity contribution in [3.63, 3.8) is 0 Å². The maximum absolute atomic E-state index is 15.3. The molecule has 3 aromatic heterocycles. The van der Waals surface area contributed by atoms with E-state index in [1.807, 2.05) is 38.2 Å². The Morgan fingerprint density at radius 3 is 2.77 bits per heavy atom. The van der Waals surface area contributed by atoms with Crippen LogP contribution in [0.5, 0.6) is 0 Å². The molecule has 1 saturated carbocycles. The first-order valence-corrected chi connectivity index (χ1v) is 12.2. The minimum atomic E-state index is -0.725. The molecule has 9 heteroatoms. The van der Waals surface area contributed by atoms with Gasteiger partial charge in [0.2, 0.25) is 0 Å². The second-order valence-electron chi connectivity index (χ2n) is 9.66. The van der Waals surface area contributed by atoms with Gasteiger partial charge in [-0.25, -0.2) is 19.3 Å². The summed E-state index contributed by atoms with van der Waals surface area (Å²) in [6.45, 7) is 3.82. The molecular weight excluding hydrogens is 469 g/mol. The molecule has 1 fully saturated rings. The van der Waals surface area contributed by atoms with Crippen LogP contribution in [0.1, 0.15) is 44.7 Å². The van der Waals surface area contributed by atoms with E-state index in [-0.39, 0.29) is 23.9 Å². The highest BCUT2D eigenvalue weighted by atomic mass is 35.5. The Bertz CT molecular complexity index is 1370. The highest BCUT2D eigenvalue weighted by molar-refractivity contribution is 6.33. The number of nitrogen functional groups attached to an aromatic ring is 1. The van der Waals surface area contributed by atoms with Crippen molar-refractivity contribution < 1.29 is 13.9 Å². The van der Waals surface area contributed by atoms with E-state index in [0.717, 1.165) is 35.7 Å². The summed E-state index contributed by atoms with van der Waals surface area (Å²) in [5, 5.41) is 2.01. The summed E-state index contributed by atoms with van der Waals surface area (Å²) < 4.78 is 29.4. The molecule has 0 bridgehead atoms. The van der Waals surface area contributed by atoms with Crippen LogP contribution in [0.4, 0.5) is 10.2 Å². The van der Waals surface area contributed by atoms with Crippen LogP contribution in [0.15, 0.2) is 42.9 Å². The van der Waals surface area contributed by atoms with Crippen molar-refractivity contribution in [3.05, 3.63) is 59.4 Å². The van der Waals surface area contributed by atoms with Crippen LogP contribution in [-0.4, -0.2) is 38.5 Å². The Morgan fingerprint density at radius 1 is 1.17 bits per heavy atom.